The third-order valence-electron chi connectivity index (χ3n) is 5.22. The Morgan fingerprint density at radius 2 is 1.74 bits per heavy atom. The maximum absolute atomic E-state index is 12.9. The molecule has 1 aliphatic rings. The molecule has 1 atom stereocenters. The van der Waals surface area contributed by atoms with E-state index in [1.165, 1.54) is 21.3 Å². The van der Waals surface area contributed by atoms with Crippen molar-refractivity contribution in [2.75, 3.05) is 52.2 Å². The minimum absolute atomic E-state index is 0.129. The van der Waals surface area contributed by atoms with Gasteiger partial charge in [-0.3, -0.25) is 9.59 Å². The first-order valence-corrected chi connectivity index (χ1v) is 10.0. The monoisotopic (exact) mass is 427 g/mol. The second-order valence-electron chi connectivity index (χ2n) is 7.67. The molecule has 0 unspecified atom stereocenters. The first-order chi connectivity index (χ1) is 14.9. The molecule has 3 rings (SSSR count). The number of nitrogens with one attached hydrogen (secondary N) is 1. The summed E-state index contributed by atoms with van der Waals surface area (Å²) >= 11 is 0. The number of methoxy groups -OCH3 is 3. The Bertz CT molecular complexity index is 935. The van der Waals surface area contributed by atoms with E-state index >= 15 is 0 Å². The molecule has 1 saturated heterocycles. The minimum Gasteiger partial charge on any atom is -0.493 e. The number of benzene rings is 2. The highest BCUT2D eigenvalue weighted by atomic mass is 16.5. The molecule has 2 amide bonds. The smallest absolute Gasteiger partial charge is 0.229 e. The number of anilines is 2. The molecular formula is C23H29N3O5. The van der Waals surface area contributed by atoms with Gasteiger partial charge in [0.05, 0.1) is 32.9 Å². The lowest BCUT2D eigenvalue weighted by atomic mass is 10.1. The zero-order valence-electron chi connectivity index (χ0n) is 18.6. The number of hydrogen-bond donors (Lipinski definition) is 1. The average molecular weight is 428 g/mol. The van der Waals surface area contributed by atoms with Crippen LogP contribution in [0.1, 0.15) is 12.0 Å². The van der Waals surface area contributed by atoms with Crippen molar-refractivity contribution in [2.45, 2.75) is 13.0 Å². The SMILES string of the molecule is COc1cc(N2C[C@H](C(=O)Nc3ccccc3CN(C)C)CC2=O)cc(OC)c1OC. The van der Waals surface area contributed by atoms with E-state index in [0.717, 1.165) is 11.3 Å². The Morgan fingerprint density at radius 1 is 1.10 bits per heavy atom. The van der Waals surface area contributed by atoms with Crippen LogP contribution in [0, 0.1) is 5.92 Å². The summed E-state index contributed by atoms with van der Waals surface area (Å²) in [6, 6.07) is 11.1. The predicted octanol–water partition coefficient (Wildman–Crippen LogP) is 2.77. The topological polar surface area (TPSA) is 80.3 Å². The quantitative estimate of drug-likeness (QED) is 0.698. The van der Waals surface area contributed by atoms with Crippen LogP contribution in [0.15, 0.2) is 36.4 Å². The number of para-hydroxylation sites is 1. The molecule has 0 spiro atoms. The molecule has 0 aromatic heterocycles. The molecule has 31 heavy (non-hydrogen) atoms. The summed E-state index contributed by atoms with van der Waals surface area (Å²) in [4.78, 5) is 29.3. The summed E-state index contributed by atoms with van der Waals surface area (Å²) in [5, 5.41) is 3.00. The van der Waals surface area contributed by atoms with E-state index in [1.807, 2.05) is 43.3 Å². The van der Waals surface area contributed by atoms with Gasteiger partial charge in [-0.15, -0.1) is 0 Å². The van der Waals surface area contributed by atoms with Crippen LogP contribution in [0.4, 0.5) is 11.4 Å². The number of amides is 2. The number of carbonyl (C=O) groups excluding carboxylic acids is 2. The number of ether oxygens (including phenoxy) is 3. The van der Waals surface area contributed by atoms with Crippen LogP contribution in [-0.2, 0) is 16.1 Å². The van der Waals surface area contributed by atoms with Crippen LogP contribution in [0.2, 0.25) is 0 Å². The van der Waals surface area contributed by atoms with E-state index in [-0.39, 0.29) is 24.8 Å². The van der Waals surface area contributed by atoms with Crippen molar-refractivity contribution in [1.29, 1.82) is 0 Å². The largest absolute Gasteiger partial charge is 0.493 e. The first kappa shape index (κ1) is 22.4. The van der Waals surface area contributed by atoms with Crippen LogP contribution >= 0.6 is 0 Å². The van der Waals surface area contributed by atoms with Crippen molar-refractivity contribution >= 4 is 23.2 Å². The summed E-state index contributed by atoms with van der Waals surface area (Å²) in [5.41, 5.74) is 2.38. The summed E-state index contributed by atoms with van der Waals surface area (Å²) in [6.45, 7) is 0.983. The number of hydrogen-bond acceptors (Lipinski definition) is 6. The average Bonchev–Trinajstić information content (AvgIpc) is 3.15. The van der Waals surface area contributed by atoms with Gasteiger partial charge in [-0.05, 0) is 25.7 Å². The highest BCUT2D eigenvalue weighted by Crippen LogP contribution is 2.42. The Balaban J connectivity index is 1.79. The standard InChI is InChI=1S/C23H29N3O5/c1-25(2)13-15-8-6-7-9-18(15)24-23(28)16-10-21(27)26(14-16)17-11-19(29-3)22(31-5)20(12-17)30-4/h6-9,11-12,16H,10,13-14H2,1-5H3,(H,24,28)/t16-/m1/s1. The third kappa shape index (κ3) is 4.91. The molecule has 1 heterocycles. The van der Waals surface area contributed by atoms with E-state index in [4.69, 9.17) is 14.2 Å². The fourth-order valence-corrected chi connectivity index (χ4v) is 3.71. The molecule has 0 bridgehead atoms. The Labute approximate surface area is 182 Å². The van der Waals surface area contributed by atoms with Crippen molar-refractivity contribution in [2.24, 2.45) is 5.92 Å². The van der Waals surface area contributed by atoms with Gasteiger partial charge in [0, 0.05) is 37.3 Å². The van der Waals surface area contributed by atoms with Gasteiger partial charge in [-0.1, -0.05) is 18.2 Å². The summed E-state index contributed by atoms with van der Waals surface area (Å²) in [5.74, 6) is 0.599. The van der Waals surface area contributed by atoms with Crippen molar-refractivity contribution in [3.63, 3.8) is 0 Å². The van der Waals surface area contributed by atoms with E-state index in [0.29, 0.717) is 29.5 Å². The summed E-state index contributed by atoms with van der Waals surface area (Å²) in [6.07, 6.45) is 0.137. The van der Waals surface area contributed by atoms with E-state index in [9.17, 15) is 9.59 Å². The van der Waals surface area contributed by atoms with Gasteiger partial charge in [0.2, 0.25) is 17.6 Å². The van der Waals surface area contributed by atoms with Gasteiger partial charge in [-0.25, -0.2) is 0 Å². The zero-order chi connectivity index (χ0) is 22.5. The van der Waals surface area contributed by atoms with Gasteiger partial charge in [0.25, 0.3) is 0 Å². The molecule has 166 valence electrons. The lowest BCUT2D eigenvalue weighted by Gasteiger charge is -2.20. The molecule has 2 aromatic rings. The zero-order valence-corrected chi connectivity index (χ0v) is 18.6. The molecule has 1 fully saturated rings. The first-order valence-electron chi connectivity index (χ1n) is 10.0. The summed E-state index contributed by atoms with van der Waals surface area (Å²) in [7, 11) is 8.52. The van der Waals surface area contributed by atoms with E-state index in [2.05, 4.69) is 5.32 Å². The Morgan fingerprint density at radius 3 is 2.32 bits per heavy atom. The molecule has 8 heteroatoms. The molecule has 2 aromatic carbocycles. The highest BCUT2D eigenvalue weighted by molar-refractivity contribution is 6.04. The molecule has 8 nitrogen and oxygen atoms in total. The van der Waals surface area contributed by atoms with Crippen LogP contribution in [0.25, 0.3) is 0 Å². The van der Waals surface area contributed by atoms with Crippen LogP contribution in [0.3, 0.4) is 0 Å². The summed E-state index contributed by atoms with van der Waals surface area (Å²) < 4.78 is 16.1. The van der Waals surface area contributed by atoms with Crippen LogP contribution in [0.5, 0.6) is 17.2 Å². The van der Waals surface area contributed by atoms with Gasteiger partial charge < -0.3 is 29.3 Å². The fourth-order valence-electron chi connectivity index (χ4n) is 3.71. The number of nitrogens with zero attached hydrogens (tertiary/aromatic N) is 2. The van der Waals surface area contributed by atoms with E-state index < -0.39 is 5.92 Å². The van der Waals surface area contributed by atoms with Gasteiger partial charge >= 0.3 is 0 Å². The Kier molecular flexibility index (Phi) is 7.02. The lowest BCUT2D eigenvalue weighted by molar-refractivity contribution is -0.122. The van der Waals surface area contributed by atoms with Crippen molar-refractivity contribution < 1.29 is 23.8 Å². The number of rotatable bonds is 8. The van der Waals surface area contributed by atoms with Crippen molar-refractivity contribution in [3.8, 4) is 17.2 Å². The van der Waals surface area contributed by atoms with Crippen molar-refractivity contribution in [1.82, 2.24) is 4.90 Å². The van der Waals surface area contributed by atoms with Crippen LogP contribution in [-0.4, -0.2) is 58.7 Å². The molecule has 0 aliphatic carbocycles. The molecule has 1 N–H and O–H groups in total. The van der Waals surface area contributed by atoms with Gasteiger partial charge in [0.15, 0.2) is 11.5 Å². The van der Waals surface area contributed by atoms with E-state index in [1.54, 1.807) is 17.0 Å². The highest BCUT2D eigenvalue weighted by Gasteiger charge is 2.36. The minimum atomic E-state index is -0.459. The maximum atomic E-state index is 12.9. The lowest BCUT2D eigenvalue weighted by Crippen LogP contribution is -2.28. The van der Waals surface area contributed by atoms with Crippen molar-refractivity contribution in [3.05, 3.63) is 42.0 Å². The molecule has 0 radical (unpaired) electrons. The molecule has 1 aliphatic heterocycles. The number of carbonyl (C=O) groups is 2. The van der Waals surface area contributed by atoms with Gasteiger partial charge in [0.1, 0.15) is 0 Å². The third-order valence-corrected chi connectivity index (χ3v) is 5.22. The molecule has 0 saturated carbocycles. The normalized spacial score (nSPS) is 15.9. The predicted molar refractivity (Wildman–Crippen MR) is 119 cm³/mol. The molecular weight excluding hydrogens is 398 g/mol. The van der Waals surface area contributed by atoms with Crippen LogP contribution < -0.4 is 24.4 Å². The maximum Gasteiger partial charge on any atom is 0.229 e. The second-order valence-corrected chi connectivity index (χ2v) is 7.67. The Hall–Kier alpha value is -3.26. The van der Waals surface area contributed by atoms with Gasteiger partial charge in [-0.2, -0.15) is 0 Å². The second kappa shape index (κ2) is 9.70. The fraction of sp³-hybridized carbons (Fsp3) is 0.391.